The summed E-state index contributed by atoms with van der Waals surface area (Å²) in [5.41, 5.74) is -0.241. The third-order valence-corrected chi connectivity index (χ3v) is 4.95. The first-order valence-corrected chi connectivity index (χ1v) is 8.82. The van der Waals surface area contributed by atoms with Gasteiger partial charge in [-0.3, -0.25) is 9.69 Å². The number of carbonyl (C=O) groups excluding carboxylic acids is 2. The minimum atomic E-state index is -0.848. The maximum atomic E-state index is 12.7. The SMILES string of the molecule is Cc1oc(-c2cccs2)nc1CN1C(=O)NC(C)(CC(C)C)C1=O. The van der Waals surface area contributed by atoms with Gasteiger partial charge in [-0.15, -0.1) is 11.3 Å². The lowest BCUT2D eigenvalue weighted by molar-refractivity contribution is -0.131. The van der Waals surface area contributed by atoms with E-state index in [2.05, 4.69) is 10.3 Å². The van der Waals surface area contributed by atoms with E-state index < -0.39 is 5.54 Å². The number of imide groups is 1. The van der Waals surface area contributed by atoms with Crippen molar-refractivity contribution in [1.29, 1.82) is 0 Å². The van der Waals surface area contributed by atoms with Crippen LogP contribution in [0.4, 0.5) is 4.79 Å². The minimum Gasteiger partial charge on any atom is -0.440 e. The number of nitrogens with one attached hydrogen (secondary N) is 1. The van der Waals surface area contributed by atoms with Crippen molar-refractivity contribution in [2.75, 3.05) is 0 Å². The van der Waals surface area contributed by atoms with E-state index >= 15 is 0 Å². The summed E-state index contributed by atoms with van der Waals surface area (Å²) in [5.74, 6) is 1.24. The van der Waals surface area contributed by atoms with Crippen LogP contribution in [0.1, 0.15) is 38.6 Å². The van der Waals surface area contributed by atoms with Crippen molar-refractivity contribution in [1.82, 2.24) is 15.2 Å². The number of rotatable bonds is 5. The average Bonchev–Trinajstić information content (AvgIpc) is 3.16. The molecule has 7 heteroatoms. The Morgan fingerprint density at radius 1 is 1.42 bits per heavy atom. The highest BCUT2D eigenvalue weighted by atomic mass is 32.1. The van der Waals surface area contributed by atoms with Gasteiger partial charge >= 0.3 is 6.03 Å². The second-order valence-electron chi connectivity index (χ2n) is 6.75. The van der Waals surface area contributed by atoms with Crippen molar-refractivity contribution >= 4 is 23.3 Å². The number of carbonyl (C=O) groups is 2. The number of thiophene rings is 1. The molecule has 2 aromatic rings. The Labute approximate surface area is 144 Å². The molecule has 1 atom stereocenters. The second kappa shape index (κ2) is 6.05. The zero-order chi connectivity index (χ0) is 17.5. The van der Waals surface area contributed by atoms with Crippen LogP contribution in [0.5, 0.6) is 0 Å². The number of oxazole rings is 1. The fraction of sp³-hybridized carbons (Fsp3) is 0.471. The Morgan fingerprint density at radius 3 is 2.79 bits per heavy atom. The summed E-state index contributed by atoms with van der Waals surface area (Å²) in [5, 5.41) is 4.76. The van der Waals surface area contributed by atoms with Gasteiger partial charge in [0.25, 0.3) is 5.91 Å². The molecule has 3 rings (SSSR count). The quantitative estimate of drug-likeness (QED) is 0.839. The van der Waals surface area contributed by atoms with Gasteiger partial charge in [0.1, 0.15) is 17.0 Å². The average molecular weight is 347 g/mol. The molecular formula is C17H21N3O3S. The molecule has 1 aliphatic heterocycles. The zero-order valence-electron chi connectivity index (χ0n) is 14.3. The van der Waals surface area contributed by atoms with E-state index in [1.807, 2.05) is 31.4 Å². The monoisotopic (exact) mass is 347 g/mol. The topological polar surface area (TPSA) is 75.4 Å². The standard InChI is InChI=1S/C17H21N3O3S/c1-10(2)8-17(4)15(21)20(16(22)19-17)9-12-11(3)23-14(18-12)13-6-5-7-24-13/h5-7,10H,8-9H2,1-4H3,(H,19,22). The number of aromatic nitrogens is 1. The van der Waals surface area contributed by atoms with Gasteiger partial charge in [0, 0.05) is 0 Å². The summed E-state index contributed by atoms with van der Waals surface area (Å²) in [4.78, 5) is 31.6. The smallest absolute Gasteiger partial charge is 0.325 e. The fourth-order valence-corrected chi connectivity index (χ4v) is 3.72. The van der Waals surface area contributed by atoms with Crippen molar-refractivity contribution in [3.8, 4) is 10.8 Å². The van der Waals surface area contributed by atoms with E-state index in [0.717, 1.165) is 4.88 Å². The van der Waals surface area contributed by atoms with Crippen LogP contribution in [0.15, 0.2) is 21.9 Å². The molecule has 0 aromatic carbocycles. The summed E-state index contributed by atoms with van der Waals surface area (Å²) in [6.07, 6.45) is 0.603. The summed E-state index contributed by atoms with van der Waals surface area (Å²) in [7, 11) is 0. The molecule has 0 aliphatic carbocycles. The molecule has 1 saturated heterocycles. The third-order valence-electron chi connectivity index (χ3n) is 4.09. The lowest BCUT2D eigenvalue weighted by atomic mass is 9.91. The molecule has 3 amide bonds. The Kier molecular flexibility index (Phi) is 4.21. The first kappa shape index (κ1) is 16.7. The molecule has 6 nitrogen and oxygen atoms in total. The second-order valence-corrected chi connectivity index (χ2v) is 7.70. The van der Waals surface area contributed by atoms with E-state index in [9.17, 15) is 9.59 Å². The number of hydrogen-bond donors (Lipinski definition) is 1. The fourth-order valence-electron chi connectivity index (χ4n) is 3.08. The zero-order valence-corrected chi connectivity index (χ0v) is 15.1. The van der Waals surface area contributed by atoms with E-state index in [-0.39, 0.29) is 18.5 Å². The van der Waals surface area contributed by atoms with Crippen LogP contribution in [0, 0.1) is 12.8 Å². The van der Waals surface area contributed by atoms with E-state index in [1.54, 1.807) is 13.8 Å². The number of amides is 3. The molecule has 1 aliphatic rings. The van der Waals surface area contributed by atoms with Gasteiger partial charge in [-0.05, 0) is 37.6 Å². The van der Waals surface area contributed by atoms with E-state index in [4.69, 9.17) is 4.42 Å². The predicted molar refractivity (Wildman–Crippen MR) is 91.5 cm³/mol. The Hall–Kier alpha value is -2.15. The van der Waals surface area contributed by atoms with Crippen LogP contribution < -0.4 is 5.32 Å². The Bertz CT molecular complexity index is 766. The number of urea groups is 1. The molecule has 0 bridgehead atoms. The van der Waals surface area contributed by atoms with E-state index in [1.165, 1.54) is 16.2 Å². The highest BCUT2D eigenvalue weighted by molar-refractivity contribution is 7.13. The number of hydrogen-bond acceptors (Lipinski definition) is 5. The van der Waals surface area contributed by atoms with Crippen LogP contribution in [-0.2, 0) is 11.3 Å². The van der Waals surface area contributed by atoms with Gasteiger partial charge in [0.2, 0.25) is 5.89 Å². The molecule has 1 N–H and O–H groups in total. The van der Waals surface area contributed by atoms with Gasteiger partial charge in [0.05, 0.1) is 11.4 Å². The van der Waals surface area contributed by atoms with Crippen molar-refractivity contribution in [3.63, 3.8) is 0 Å². The van der Waals surface area contributed by atoms with Crippen LogP contribution in [0.2, 0.25) is 0 Å². The van der Waals surface area contributed by atoms with Crippen LogP contribution in [-0.4, -0.2) is 27.4 Å². The molecule has 128 valence electrons. The van der Waals surface area contributed by atoms with Crippen LogP contribution in [0.25, 0.3) is 10.8 Å². The summed E-state index contributed by atoms with van der Waals surface area (Å²) in [6.45, 7) is 7.76. The molecule has 2 aromatic heterocycles. The van der Waals surface area contributed by atoms with Crippen LogP contribution in [0.3, 0.4) is 0 Å². The van der Waals surface area contributed by atoms with Crippen LogP contribution >= 0.6 is 11.3 Å². The maximum absolute atomic E-state index is 12.7. The highest BCUT2D eigenvalue weighted by Crippen LogP contribution is 2.29. The molecule has 3 heterocycles. The summed E-state index contributed by atoms with van der Waals surface area (Å²) >= 11 is 1.53. The Morgan fingerprint density at radius 2 is 2.17 bits per heavy atom. The predicted octanol–water partition coefficient (Wildman–Crippen LogP) is 3.57. The van der Waals surface area contributed by atoms with Gasteiger partial charge in [0.15, 0.2) is 0 Å². The van der Waals surface area contributed by atoms with Crippen molar-refractivity contribution < 1.29 is 14.0 Å². The van der Waals surface area contributed by atoms with Gasteiger partial charge in [-0.2, -0.15) is 0 Å². The largest absolute Gasteiger partial charge is 0.440 e. The molecule has 0 radical (unpaired) electrons. The van der Waals surface area contributed by atoms with Crippen molar-refractivity contribution in [3.05, 3.63) is 29.0 Å². The molecule has 24 heavy (non-hydrogen) atoms. The molecule has 1 fully saturated rings. The molecule has 1 unspecified atom stereocenters. The van der Waals surface area contributed by atoms with Crippen molar-refractivity contribution in [2.24, 2.45) is 5.92 Å². The Balaban J connectivity index is 1.81. The molecule has 0 saturated carbocycles. The lowest BCUT2D eigenvalue weighted by Gasteiger charge is -2.23. The summed E-state index contributed by atoms with van der Waals surface area (Å²) in [6, 6.07) is 3.48. The number of aryl methyl sites for hydroxylation is 1. The minimum absolute atomic E-state index is 0.124. The van der Waals surface area contributed by atoms with Gasteiger partial charge in [-0.25, -0.2) is 9.78 Å². The van der Waals surface area contributed by atoms with Gasteiger partial charge in [-0.1, -0.05) is 19.9 Å². The van der Waals surface area contributed by atoms with E-state index in [0.29, 0.717) is 29.7 Å². The maximum Gasteiger partial charge on any atom is 0.325 e. The normalized spacial score (nSPS) is 21.0. The first-order valence-electron chi connectivity index (χ1n) is 7.94. The third kappa shape index (κ3) is 2.96. The van der Waals surface area contributed by atoms with Gasteiger partial charge < -0.3 is 9.73 Å². The number of nitrogens with zero attached hydrogens (tertiary/aromatic N) is 2. The highest BCUT2D eigenvalue weighted by Gasteiger charge is 2.48. The molecular weight excluding hydrogens is 326 g/mol. The first-order chi connectivity index (χ1) is 11.3. The van der Waals surface area contributed by atoms with Crippen molar-refractivity contribution in [2.45, 2.75) is 46.2 Å². The summed E-state index contributed by atoms with van der Waals surface area (Å²) < 4.78 is 5.69. The molecule has 0 spiro atoms. The lowest BCUT2D eigenvalue weighted by Crippen LogP contribution is -2.44.